The zero-order chi connectivity index (χ0) is 29.5. The molecule has 0 aliphatic carbocycles. The van der Waals surface area contributed by atoms with Gasteiger partial charge in [-0.1, -0.05) is 54.1 Å². The third-order valence-electron chi connectivity index (χ3n) is 6.12. The monoisotopic (exact) mass is 598 g/mol. The third-order valence-corrected chi connectivity index (χ3v) is 11.6. The summed E-state index contributed by atoms with van der Waals surface area (Å²) in [7, 11) is -8.63. The van der Waals surface area contributed by atoms with Crippen LogP contribution in [0.5, 0.6) is 0 Å². The number of aryl methyl sites for hydroxylation is 3. The molecule has 212 valence electrons. The molecule has 0 radical (unpaired) electrons. The first-order valence-electron chi connectivity index (χ1n) is 11.8. The molecule has 40 heavy (non-hydrogen) atoms. The third kappa shape index (κ3) is 5.63. The van der Waals surface area contributed by atoms with Crippen molar-refractivity contribution in [3.63, 3.8) is 0 Å². The zero-order valence-electron chi connectivity index (χ0n) is 21.5. The summed E-state index contributed by atoms with van der Waals surface area (Å²) in [4.78, 5) is -0.195. The van der Waals surface area contributed by atoms with E-state index in [-0.39, 0.29) is 6.07 Å². The largest absolute Gasteiger partial charge is 0.417 e. The molecule has 0 bridgehead atoms. The van der Waals surface area contributed by atoms with Crippen LogP contribution in [0.2, 0.25) is 0 Å². The number of benzene rings is 4. The van der Waals surface area contributed by atoms with E-state index in [4.69, 9.17) is 3.63 Å². The maximum absolute atomic E-state index is 14.0. The Kier molecular flexibility index (Phi) is 7.87. The Morgan fingerprint density at radius 3 is 1.52 bits per heavy atom. The van der Waals surface area contributed by atoms with Gasteiger partial charge in [0.25, 0.3) is 0 Å². The minimum atomic E-state index is -5.42. The molecule has 4 rings (SSSR count). The minimum absolute atomic E-state index is 0.208. The van der Waals surface area contributed by atoms with Gasteiger partial charge in [0.15, 0.2) is 0 Å². The van der Waals surface area contributed by atoms with Crippen molar-refractivity contribution in [2.45, 2.75) is 52.7 Å². The topological polar surface area (TPSA) is 43.4 Å². The lowest BCUT2D eigenvalue weighted by Crippen LogP contribution is -2.20. The second-order valence-electron chi connectivity index (χ2n) is 9.14. The lowest BCUT2D eigenvalue weighted by Gasteiger charge is -2.41. The molecule has 0 aliphatic rings. The molecule has 0 spiro atoms. The van der Waals surface area contributed by atoms with E-state index in [0.29, 0.717) is 37.9 Å². The Bertz CT molecular complexity index is 1570. The summed E-state index contributed by atoms with van der Waals surface area (Å²) in [6.07, 6.45) is -10.5. The van der Waals surface area contributed by atoms with Crippen molar-refractivity contribution < 1.29 is 38.4 Å². The van der Waals surface area contributed by atoms with E-state index in [1.54, 1.807) is 74.5 Å². The van der Waals surface area contributed by atoms with Gasteiger partial charge < -0.3 is 0 Å². The predicted octanol–water partition coefficient (Wildman–Crippen LogP) is 9.25. The van der Waals surface area contributed by atoms with Crippen LogP contribution in [0.1, 0.15) is 27.8 Å². The molecule has 0 saturated heterocycles. The van der Waals surface area contributed by atoms with Gasteiger partial charge in [-0.15, -0.1) is 0 Å². The number of hydrogen-bond donors (Lipinski definition) is 0. The van der Waals surface area contributed by atoms with E-state index in [0.717, 1.165) is 5.56 Å². The van der Waals surface area contributed by atoms with Crippen LogP contribution in [-0.4, -0.2) is 8.42 Å². The van der Waals surface area contributed by atoms with Gasteiger partial charge in [0.1, 0.15) is 4.90 Å². The second-order valence-corrected chi connectivity index (χ2v) is 13.5. The van der Waals surface area contributed by atoms with Crippen molar-refractivity contribution >= 4 is 20.4 Å². The van der Waals surface area contributed by atoms with Gasteiger partial charge in [-0.05, 0) is 84.7 Å². The Labute approximate surface area is 230 Å². The van der Waals surface area contributed by atoms with Crippen molar-refractivity contribution in [1.29, 1.82) is 0 Å². The van der Waals surface area contributed by atoms with E-state index < -0.39 is 48.8 Å². The SMILES string of the molecule is Cc1cc(C)c(S(OS(=O)(=O)c2ccc(C(F)(F)F)cc2C(F)(F)F)(c2ccccc2)c2ccccc2)c(C)c1. The van der Waals surface area contributed by atoms with Gasteiger partial charge in [0, 0.05) is 14.7 Å². The normalized spacial score (nSPS) is 13.3. The van der Waals surface area contributed by atoms with Crippen molar-refractivity contribution in [2.24, 2.45) is 0 Å². The summed E-state index contributed by atoms with van der Waals surface area (Å²) in [5, 5.41) is 0. The standard InChI is InChI=1S/C29H24F6O3S2/c1-19-16-20(2)27(21(3)17-19)39(23-10-6-4-7-11-23,24-12-8-5-9-13-24)38-40(36,37)26-15-14-22(28(30,31)32)18-25(26)29(33,34)35/h4-18H,1-3H3. The van der Waals surface area contributed by atoms with Gasteiger partial charge in [-0.25, -0.2) is 3.63 Å². The molecule has 11 heteroatoms. The fourth-order valence-corrected chi connectivity index (χ4v) is 10.4. The van der Waals surface area contributed by atoms with Crippen molar-refractivity contribution in [1.82, 2.24) is 0 Å². The Hall–Kier alpha value is -3.28. The van der Waals surface area contributed by atoms with Crippen LogP contribution >= 0.6 is 10.3 Å². The van der Waals surface area contributed by atoms with Crippen LogP contribution in [0.15, 0.2) is 111 Å². The average Bonchev–Trinajstić information content (AvgIpc) is 2.87. The summed E-state index contributed by atoms with van der Waals surface area (Å²) in [5.41, 5.74) is -1.45. The van der Waals surface area contributed by atoms with Crippen LogP contribution in [0, 0.1) is 20.8 Å². The quantitative estimate of drug-likeness (QED) is 0.208. The molecular weight excluding hydrogens is 574 g/mol. The van der Waals surface area contributed by atoms with E-state index in [2.05, 4.69) is 0 Å². The second kappa shape index (κ2) is 10.6. The van der Waals surface area contributed by atoms with Gasteiger partial charge in [0.05, 0.1) is 11.1 Å². The fraction of sp³-hybridized carbons (Fsp3) is 0.172. The lowest BCUT2D eigenvalue weighted by molar-refractivity contribution is -0.144. The van der Waals surface area contributed by atoms with Crippen molar-refractivity contribution in [2.75, 3.05) is 0 Å². The molecule has 4 aromatic rings. The summed E-state index contributed by atoms with van der Waals surface area (Å²) < 4.78 is 116. The molecule has 4 aromatic carbocycles. The first-order chi connectivity index (χ1) is 18.6. The number of alkyl halides is 6. The maximum atomic E-state index is 14.0. The molecule has 0 N–H and O–H groups in total. The van der Waals surface area contributed by atoms with Crippen LogP contribution in [0.4, 0.5) is 26.3 Å². The van der Waals surface area contributed by atoms with E-state index in [9.17, 15) is 34.8 Å². The molecule has 0 fully saturated rings. The van der Waals surface area contributed by atoms with Crippen LogP contribution in [-0.2, 0) is 26.1 Å². The van der Waals surface area contributed by atoms with Gasteiger partial charge in [-0.3, -0.25) is 0 Å². The van der Waals surface area contributed by atoms with Gasteiger partial charge in [-0.2, -0.15) is 34.8 Å². The zero-order valence-corrected chi connectivity index (χ0v) is 23.1. The molecule has 0 saturated carbocycles. The van der Waals surface area contributed by atoms with E-state index >= 15 is 0 Å². The summed E-state index contributed by atoms with van der Waals surface area (Å²) in [6.45, 7) is 5.34. The van der Waals surface area contributed by atoms with Crippen molar-refractivity contribution in [3.8, 4) is 0 Å². The molecule has 0 amide bonds. The minimum Gasteiger partial charge on any atom is -0.203 e. The predicted molar refractivity (Wildman–Crippen MR) is 141 cm³/mol. The molecule has 0 unspecified atom stereocenters. The molecule has 3 nitrogen and oxygen atoms in total. The summed E-state index contributed by atoms with van der Waals surface area (Å²) >= 11 is 0. The Morgan fingerprint density at radius 1 is 0.625 bits per heavy atom. The maximum Gasteiger partial charge on any atom is 0.417 e. The highest BCUT2D eigenvalue weighted by molar-refractivity contribution is 8.33. The lowest BCUT2D eigenvalue weighted by atomic mass is 10.1. The molecule has 0 atom stereocenters. The summed E-state index contributed by atoms with van der Waals surface area (Å²) in [5.74, 6) is 0. The Balaban J connectivity index is 2.10. The number of hydrogen-bond acceptors (Lipinski definition) is 3. The average molecular weight is 599 g/mol. The van der Waals surface area contributed by atoms with Crippen LogP contribution in [0.25, 0.3) is 0 Å². The Morgan fingerprint density at radius 2 is 1.10 bits per heavy atom. The van der Waals surface area contributed by atoms with Crippen LogP contribution in [0.3, 0.4) is 0 Å². The fourth-order valence-electron chi connectivity index (χ4n) is 4.65. The smallest absolute Gasteiger partial charge is 0.203 e. The summed E-state index contributed by atoms with van der Waals surface area (Å²) in [6, 6.07) is 20.5. The van der Waals surface area contributed by atoms with Crippen molar-refractivity contribution in [3.05, 3.63) is 119 Å². The highest BCUT2D eigenvalue weighted by atomic mass is 32.3. The van der Waals surface area contributed by atoms with Crippen LogP contribution < -0.4 is 0 Å². The van der Waals surface area contributed by atoms with Gasteiger partial charge in [0.2, 0.25) is 0 Å². The van der Waals surface area contributed by atoms with Gasteiger partial charge >= 0.3 is 22.5 Å². The highest BCUT2D eigenvalue weighted by Crippen LogP contribution is 2.72. The first kappa shape index (κ1) is 29.7. The van der Waals surface area contributed by atoms with E-state index in [1.165, 1.54) is 0 Å². The molecule has 0 aromatic heterocycles. The highest BCUT2D eigenvalue weighted by Gasteiger charge is 2.45. The molecular formula is C29H24F6O3S2. The molecule has 0 aliphatic heterocycles. The molecule has 0 heterocycles. The number of halogens is 6. The van der Waals surface area contributed by atoms with E-state index in [1.807, 2.05) is 19.1 Å². The number of rotatable bonds is 6. The first-order valence-corrected chi connectivity index (χ1v) is 14.8.